The molecule has 0 saturated heterocycles. The molecule has 0 radical (unpaired) electrons. The van der Waals surface area contributed by atoms with Crippen molar-refractivity contribution in [1.82, 2.24) is 5.43 Å². The van der Waals surface area contributed by atoms with Crippen molar-refractivity contribution in [2.24, 2.45) is 5.84 Å². The summed E-state index contributed by atoms with van der Waals surface area (Å²) in [5.41, 5.74) is 5.04. The lowest BCUT2D eigenvalue weighted by Gasteiger charge is -2.12. The standard InChI is InChI=1S/C15H22N2O/c1-3-4-5-6-13(17-16)15-10-12-9-11(2)7-8-14(12)18-15/h7-10,13,17H,3-6,16H2,1-2H3. The molecule has 3 N–H and O–H groups in total. The molecule has 0 saturated carbocycles. The molecule has 0 aliphatic heterocycles. The van der Waals surface area contributed by atoms with Gasteiger partial charge in [0.2, 0.25) is 0 Å². The second kappa shape index (κ2) is 6.03. The third-order valence-electron chi connectivity index (χ3n) is 3.33. The molecule has 0 aliphatic rings. The first-order valence-electron chi connectivity index (χ1n) is 6.71. The van der Waals surface area contributed by atoms with Crippen LogP contribution in [0.5, 0.6) is 0 Å². The summed E-state index contributed by atoms with van der Waals surface area (Å²) < 4.78 is 5.86. The molecule has 1 heterocycles. The number of fused-ring (bicyclic) bond motifs is 1. The predicted octanol–water partition coefficient (Wildman–Crippen LogP) is 3.83. The van der Waals surface area contributed by atoms with Gasteiger partial charge in [-0.1, -0.05) is 37.8 Å². The van der Waals surface area contributed by atoms with Gasteiger partial charge in [-0.15, -0.1) is 0 Å². The minimum Gasteiger partial charge on any atom is -0.459 e. The lowest BCUT2D eigenvalue weighted by molar-refractivity contribution is 0.404. The van der Waals surface area contributed by atoms with E-state index < -0.39 is 0 Å². The van der Waals surface area contributed by atoms with Crippen molar-refractivity contribution < 1.29 is 4.42 Å². The molecular formula is C15H22N2O. The molecule has 98 valence electrons. The normalized spacial score (nSPS) is 13.1. The van der Waals surface area contributed by atoms with E-state index >= 15 is 0 Å². The number of furan rings is 1. The van der Waals surface area contributed by atoms with Crippen molar-refractivity contribution in [2.45, 2.75) is 45.6 Å². The smallest absolute Gasteiger partial charge is 0.134 e. The Bertz CT molecular complexity index is 504. The zero-order valence-electron chi connectivity index (χ0n) is 11.2. The number of unbranched alkanes of at least 4 members (excludes halogenated alkanes) is 2. The summed E-state index contributed by atoms with van der Waals surface area (Å²) in [5.74, 6) is 6.57. The number of nitrogens with two attached hydrogens (primary N) is 1. The van der Waals surface area contributed by atoms with E-state index in [-0.39, 0.29) is 6.04 Å². The summed E-state index contributed by atoms with van der Waals surface area (Å²) in [4.78, 5) is 0. The van der Waals surface area contributed by atoms with Gasteiger partial charge in [-0.3, -0.25) is 5.84 Å². The van der Waals surface area contributed by atoms with Crippen LogP contribution in [0.3, 0.4) is 0 Å². The van der Waals surface area contributed by atoms with E-state index in [4.69, 9.17) is 10.3 Å². The molecule has 0 fully saturated rings. The van der Waals surface area contributed by atoms with E-state index in [0.29, 0.717) is 0 Å². The molecule has 1 aromatic heterocycles. The second-order valence-electron chi connectivity index (χ2n) is 4.91. The largest absolute Gasteiger partial charge is 0.459 e. The van der Waals surface area contributed by atoms with Crippen molar-refractivity contribution in [3.63, 3.8) is 0 Å². The summed E-state index contributed by atoms with van der Waals surface area (Å²) in [6.07, 6.45) is 4.64. The van der Waals surface area contributed by atoms with Crippen LogP contribution < -0.4 is 11.3 Å². The van der Waals surface area contributed by atoms with Gasteiger partial charge in [0.25, 0.3) is 0 Å². The van der Waals surface area contributed by atoms with Gasteiger partial charge in [0.05, 0.1) is 6.04 Å². The molecular weight excluding hydrogens is 224 g/mol. The Kier molecular flexibility index (Phi) is 4.39. The number of hydrazine groups is 1. The van der Waals surface area contributed by atoms with Gasteiger partial charge in [-0.05, 0) is 31.5 Å². The molecule has 0 aliphatic carbocycles. The van der Waals surface area contributed by atoms with Crippen molar-refractivity contribution in [3.8, 4) is 0 Å². The number of aryl methyl sites for hydroxylation is 1. The molecule has 3 nitrogen and oxygen atoms in total. The van der Waals surface area contributed by atoms with Crippen molar-refractivity contribution in [1.29, 1.82) is 0 Å². The van der Waals surface area contributed by atoms with Crippen LogP contribution in [0.1, 0.15) is 50.0 Å². The molecule has 2 aromatic rings. The Labute approximate surface area is 108 Å². The minimum absolute atomic E-state index is 0.115. The average molecular weight is 246 g/mol. The van der Waals surface area contributed by atoms with Crippen molar-refractivity contribution >= 4 is 11.0 Å². The summed E-state index contributed by atoms with van der Waals surface area (Å²) >= 11 is 0. The Morgan fingerprint density at radius 1 is 1.28 bits per heavy atom. The summed E-state index contributed by atoms with van der Waals surface area (Å²) in [6.45, 7) is 4.29. The summed E-state index contributed by atoms with van der Waals surface area (Å²) in [7, 11) is 0. The van der Waals surface area contributed by atoms with Crippen LogP contribution in [0, 0.1) is 6.92 Å². The van der Waals surface area contributed by atoms with E-state index in [2.05, 4.69) is 37.5 Å². The second-order valence-corrected chi connectivity index (χ2v) is 4.91. The van der Waals surface area contributed by atoms with Crippen LogP contribution in [-0.2, 0) is 0 Å². The molecule has 2 rings (SSSR count). The highest BCUT2D eigenvalue weighted by Crippen LogP contribution is 2.27. The molecule has 1 atom stereocenters. The lowest BCUT2D eigenvalue weighted by Crippen LogP contribution is -2.27. The number of hydrogen-bond donors (Lipinski definition) is 2. The maximum Gasteiger partial charge on any atom is 0.134 e. The molecule has 3 heteroatoms. The lowest BCUT2D eigenvalue weighted by atomic mass is 10.1. The highest BCUT2D eigenvalue weighted by atomic mass is 16.3. The van der Waals surface area contributed by atoms with E-state index in [0.717, 1.165) is 23.2 Å². The Morgan fingerprint density at radius 2 is 2.11 bits per heavy atom. The van der Waals surface area contributed by atoms with Gasteiger partial charge in [0.1, 0.15) is 11.3 Å². The number of benzene rings is 1. The molecule has 0 spiro atoms. The molecule has 1 aromatic carbocycles. The Balaban J connectivity index is 2.17. The quantitative estimate of drug-likeness (QED) is 0.463. The third-order valence-corrected chi connectivity index (χ3v) is 3.33. The fourth-order valence-electron chi connectivity index (χ4n) is 2.26. The maximum atomic E-state index is 5.86. The van der Waals surface area contributed by atoms with Gasteiger partial charge >= 0.3 is 0 Å². The monoisotopic (exact) mass is 246 g/mol. The fraction of sp³-hybridized carbons (Fsp3) is 0.467. The first-order valence-corrected chi connectivity index (χ1v) is 6.71. The van der Waals surface area contributed by atoms with E-state index in [1.165, 1.54) is 24.8 Å². The van der Waals surface area contributed by atoms with E-state index in [9.17, 15) is 0 Å². The van der Waals surface area contributed by atoms with Gasteiger partial charge in [-0.2, -0.15) is 0 Å². The Hall–Kier alpha value is -1.32. The number of nitrogens with one attached hydrogen (secondary N) is 1. The van der Waals surface area contributed by atoms with E-state index in [1.54, 1.807) is 0 Å². The van der Waals surface area contributed by atoms with Crippen LogP contribution >= 0.6 is 0 Å². The van der Waals surface area contributed by atoms with Crippen LogP contribution in [-0.4, -0.2) is 0 Å². The molecule has 0 amide bonds. The Morgan fingerprint density at radius 3 is 2.83 bits per heavy atom. The molecule has 1 unspecified atom stereocenters. The van der Waals surface area contributed by atoms with Gasteiger partial charge in [0, 0.05) is 5.39 Å². The van der Waals surface area contributed by atoms with Crippen LogP contribution in [0.25, 0.3) is 11.0 Å². The first kappa shape index (κ1) is 13.1. The van der Waals surface area contributed by atoms with Gasteiger partial charge in [0.15, 0.2) is 0 Å². The SMILES string of the molecule is CCCCCC(NN)c1cc2cc(C)ccc2o1. The summed E-state index contributed by atoms with van der Waals surface area (Å²) in [5, 5.41) is 1.15. The van der Waals surface area contributed by atoms with Crippen LogP contribution in [0.4, 0.5) is 0 Å². The maximum absolute atomic E-state index is 5.86. The highest BCUT2D eigenvalue weighted by molar-refractivity contribution is 5.78. The fourth-order valence-corrected chi connectivity index (χ4v) is 2.26. The third kappa shape index (κ3) is 2.92. The van der Waals surface area contributed by atoms with Crippen LogP contribution in [0.2, 0.25) is 0 Å². The summed E-state index contributed by atoms with van der Waals surface area (Å²) in [6, 6.07) is 8.44. The average Bonchev–Trinajstić information content (AvgIpc) is 2.77. The number of rotatable bonds is 6. The zero-order valence-corrected chi connectivity index (χ0v) is 11.2. The van der Waals surface area contributed by atoms with Crippen LogP contribution in [0.15, 0.2) is 28.7 Å². The minimum atomic E-state index is 0.115. The molecule has 0 bridgehead atoms. The van der Waals surface area contributed by atoms with Crippen molar-refractivity contribution in [3.05, 3.63) is 35.6 Å². The van der Waals surface area contributed by atoms with Gasteiger partial charge in [-0.25, -0.2) is 5.43 Å². The van der Waals surface area contributed by atoms with E-state index in [1.807, 2.05) is 6.07 Å². The topological polar surface area (TPSA) is 51.2 Å². The predicted molar refractivity (Wildman–Crippen MR) is 75.2 cm³/mol. The highest BCUT2D eigenvalue weighted by Gasteiger charge is 2.14. The zero-order chi connectivity index (χ0) is 13.0. The van der Waals surface area contributed by atoms with Crippen molar-refractivity contribution in [2.75, 3.05) is 0 Å². The van der Waals surface area contributed by atoms with Gasteiger partial charge < -0.3 is 4.42 Å². The first-order chi connectivity index (χ1) is 8.74. The molecule has 18 heavy (non-hydrogen) atoms. The number of hydrogen-bond acceptors (Lipinski definition) is 3.